The maximum absolute atomic E-state index is 12.1. The number of ether oxygens (including phenoxy) is 1. The van der Waals surface area contributed by atoms with Gasteiger partial charge < -0.3 is 4.74 Å². The largest absolute Gasteiger partial charge is 0.489 e. The van der Waals surface area contributed by atoms with Gasteiger partial charge >= 0.3 is 0 Å². The van der Waals surface area contributed by atoms with Gasteiger partial charge in [0.15, 0.2) is 0 Å². The zero-order chi connectivity index (χ0) is 18.4. The van der Waals surface area contributed by atoms with Gasteiger partial charge in [0.1, 0.15) is 12.4 Å². The van der Waals surface area contributed by atoms with E-state index in [0.29, 0.717) is 17.9 Å². The first kappa shape index (κ1) is 18.8. The number of amides is 1. The molecule has 0 spiro atoms. The minimum absolute atomic E-state index is 0.268. The molecule has 1 N–H and O–H groups in total. The second-order valence-electron chi connectivity index (χ2n) is 5.28. The van der Waals surface area contributed by atoms with E-state index in [1.807, 2.05) is 36.4 Å². The van der Waals surface area contributed by atoms with E-state index >= 15 is 0 Å². The summed E-state index contributed by atoms with van der Waals surface area (Å²) in [4.78, 5) is 13.0. The summed E-state index contributed by atoms with van der Waals surface area (Å²) >= 11 is 8.36. The van der Waals surface area contributed by atoms with E-state index in [-0.39, 0.29) is 5.91 Å². The highest BCUT2D eigenvalue weighted by molar-refractivity contribution is 9.11. The topological polar surface area (TPSA) is 50.7 Å². The fraction of sp³-hybridized carbons (Fsp3) is 0.0526. The van der Waals surface area contributed by atoms with E-state index in [1.54, 1.807) is 30.5 Å². The number of carbonyl (C=O) groups is 1. The van der Waals surface area contributed by atoms with Crippen molar-refractivity contribution in [2.75, 3.05) is 0 Å². The zero-order valence-electron chi connectivity index (χ0n) is 13.5. The summed E-state index contributed by atoms with van der Waals surface area (Å²) in [5.74, 6) is 0.434. The number of hydrogen-bond donors (Lipinski definition) is 1. The Bertz CT molecular complexity index is 923. The molecule has 3 rings (SSSR count). The molecule has 3 aromatic rings. The van der Waals surface area contributed by atoms with Crippen LogP contribution >= 0.6 is 43.2 Å². The van der Waals surface area contributed by atoms with Crippen molar-refractivity contribution in [1.29, 1.82) is 0 Å². The number of nitrogens with one attached hydrogen (secondary N) is 1. The number of nitrogens with zero attached hydrogens (tertiary/aromatic N) is 1. The monoisotopic (exact) mass is 492 g/mol. The fourth-order valence-electron chi connectivity index (χ4n) is 2.11. The standard InChI is InChI=1S/C19H14Br2N2O2S/c20-15-3-1-2-13(10-15)12-25-16-6-4-14(5-7-16)19(24)23-22-11-17-8-9-18(21)26-17/h1-11H,12H2,(H,23,24)/b22-11-. The van der Waals surface area contributed by atoms with Crippen LogP contribution in [0.25, 0.3) is 0 Å². The van der Waals surface area contributed by atoms with Gasteiger partial charge in [0.2, 0.25) is 0 Å². The van der Waals surface area contributed by atoms with Gasteiger partial charge in [-0.05, 0) is 70.0 Å². The lowest BCUT2D eigenvalue weighted by Crippen LogP contribution is -2.17. The lowest BCUT2D eigenvalue weighted by Gasteiger charge is -2.07. The van der Waals surface area contributed by atoms with Crippen LogP contribution in [0.5, 0.6) is 5.75 Å². The van der Waals surface area contributed by atoms with Crippen molar-refractivity contribution in [1.82, 2.24) is 5.43 Å². The second-order valence-corrected chi connectivity index (χ2v) is 8.69. The highest BCUT2D eigenvalue weighted by Crippen LogP contribution is 2.20. The third-order valence-electron chi connectivity index (χ3n) is 3.36. The summed E-state index contributed by atoms with van der Waals surface area (Å²) in [5, 5.41) is 3.97. The molecule has 0 aliphatic carbocycles. The molecule has 1 heterocycles. The predicted octanol–water partition coefficient (Wildman–Crippen LogP) is 5.62. The summed E-state index contributed by atoms with van der Waals surface area (Å²) < 4.78 is 7.77. The number of hydrazone groups is 1. The lowest BCUT2D eigenvalue weighted by molar-refractivity contribution is 0.0955. The molecular weight excluding hydrogens is 480 g/mol. The first-order valence-electron chi connectivity index (χ1n) is 7.66. The van der Waals surface area contributed by atoms with E-state index in [2.05, 4.69) is 42.4 Å². The van der Waals surface area contributed by atoms with Crippen LogP contribution in [-0.4, -0.2) is 12.1 Å². The Morgan fingerprint density at radius 1 is 1.12 bits per heavy atom. The Kier molecular flexibility index (Phi) is 6.60. The average molecular weight is 494 g/mol. The minimum Gasteiger partial charge on any atom is -0.489 e. The van der Waals surface area contributed by atoms with E-state index in [4.69, 9.17) is 4.74 Å². The molecule has 0 bridgehead atoms. The Morgan fingerprint density at radius 3 is 2.62 bits per heavy atom. The molecule has 0 radical (unpaired) electrons. The second kappa shape index (κ2) is 9.12. The SMILES string of the molecule is O=C(N/N=C\c1ccc(Br)s1)c1ccc(OCc2cccc(Br)c2)cc1. The maximum atomic E-state index is 12.1. The van der Waals surface area contributed by atoms with Gasteiger partial charge in [-0.1, -0.05) is 28.1 Å². The van der Waals surface area contributed by atoms with Gasteiger partial charge in [0.05, 0.1) is 10.0 Å². The van der Waals surface area contributed by atoms with Crippen LogP contribution in [0.3, 0.4) is 0 Å². The van der Waals surface area contributed by atoms with Crippen LogP contribution in [-0.2, 0) is 6.61 Å². The Balaban J connectivity index is 1.53. The van der Waals surface area contributed by atoms with Crippen LogP contribution in [0, 0.1) is 0 Å². The number of thiophene rings is 1. The van der Waals surface area contributed by atoms with Crippen molar-refractivity contribution < 1.29 is 9.53 Å². The fourth-order valence-corrected chi connectivity index (χ4v) is 3.85. The molecule has 1 aromatic heterocycles. The predicted molar refractivity (Wildman–Crippen MR) is 112 cm³/mol. The third-order valence-corrected chi connectivity index (χ3v) is 5.41. The van der Waals surface area contributed by atoms with Crippen molar-refractivity contribution in [3.8, 4) is 5.75 Å². The molecule has 0 saturated heterocycles. The molecule has 132 valence electrons. The molecule has 0 atom stereocenters. The molecular formula is C19H14Br2N2O2S. The third kappa shape index (κ3) is 5.52. The van der Waals surface area contributed by atoms with E-state index < -0.39 is 0 Å². The summed E-state index contributed by atoms with van der Waals surface area (Å²) in [6, 6.07) is 18.7. The average Bonchev–Trinajstić information content (AvgIpc) is 3.05. The number of rotatable bonds is 6. The quantitative estimate of drug-likeness (QED) is 0.358. The van der Waals surface area contributed by atoms with Gasteiger partial charge in [-0.25, -0.2) is 5.43 Å². The van der Waals surface area contributed by atoms with Crippen molar-refractivity contribution in [3.05, 3.63) is 84.9 Å². The van der Waals surface area contributed by atoms with Crippen molar-refractivity contribution in [2.24, 2.45) is 5.10 Å². The maximum Gasteiger partial charge on any atom is 0.271 e. The summed E-state index contributed by atoms with van der Waals surface area (Å²) in [6.45, 7) is 0.464. The van der Waals surface area contributed by atoms with Crippen molar-refractivity contribution >= 4 is 55.3 Å². The van der Waals surface area contributed by atoms with Gasteiger partial charge in [-0.2, -0.15) is 5.10 Å². The minimum atomic E-state index is -0.268. The Morgan fingerprint density at radius 2 is 1.92 bits per heavy atom. The molecule has 0 saturated carbocycles. The van der Waals surface area contributed by atoms with Gasteiger partial charge in [-0.3, -0.25) is 4.79 Å². The molecule has 1 amide bonds. The molecule has 7 heteroatoms. The molecule has 26 heavy (non-hydrogen) atoms. The molecule has 2 aromatic carbocycles. The first-order valence-corrected chi connectivity index (χ1v) is 10.1. The van der Waals surface area contributed by atoms with Crippen LogP contribution in [0.1, 0.15) is 20.8 Å². The van der Waals surface area contributed by atoms with E-state index in [1.165, 1.54) is 11.3 Å². The summed E-state index contributed by atoms with van der Waals surface area (Å²) in [5.41, 5.74) is 4.10. The molecule has 0 aliphatic heterocycles. The normalized spacial score (nSPS) is 10.8. The van der Waals surface area contributed by atoms with Crippen LogP contribution < -0.4 is 10.2 Å². The van der Waals surface area contributed by atoms with Crippen molar-refractivity contribution in [3.63, 3.8) is 0 Å². The molecule has 0 fully saturated rings. The van der Waals surface area contributed by atoms with Gasteiger partial charge in [0, 0.05) is 14.9 Å². The summed E-state index contributed by atoms with van der Waals surface area (Å²) in [7, 11) is 0. The highest BCUT2D eigenvalue weighted by Gasteiger charge is 2.05. The summed E-state index contributed by atoms with van der Waals surface area (Å²) in [6.07, 6.45) is 1.61. The van der Waals surface area contributed by atoms with Gasteiger partial charge in [-0.15, -0.1) is 11.3 Å². The van der Waals surface area contributed by atoms with Crippen molar-refractivity contribution in [2.45, 2.75) is 6.61 Å². The number of hydrogen-bond acceptors (Lipinski definition) is 4. The Labute approximate surface area is 172 Å². The highest BCUT2D eigenvalue weighted by atomic mass is 79.9. The smallest absolute Gasteiger partial charge is 0.271 e. The number of halogens is 2. The molecule has 0 aliphatic rings. The first-order chi connectivity index (χ1) is 12.6. The zero-order valence-corrected chi connectivity index (χ0v) is 17.5. The van der Waals surface area contributed by atoms with Gasteiger partial charge in [0.25, 0.3) is 5.91 Å². The van der Waals surface area contributed by atoms with Crippen LogP contribution in [0.15, 0.2) is 74.0 Å². The lowest BCUT2D eigenvalue weighted by atomic mass is 10.2. The van der Waals surface area contributed by atoms with E-state index in [0.717, 1.165) is 18.7 Å². The van der Waals surface area contributed by atoms with E-state index in [9.17, 15) is 4.79 Å². The number of benzene rings is 2. The Hall–Kier alpha value is -1.96. The van der Waals surface area contributed by atoms with Crippen LogP contribution in [0.2, 0.25) is 0 Å². The number of carbonyl (C=O) groups excluding carboxylic acids is 1. The molecule has 0 unspecified atom stereocenters. The molecule has 4 nitrogen and oxygen atoms in total. The van der Waals surface area contributed by atoms with Crippen LogP contribution in [0.4, 0.5) is 0 Å².